The quantitative estimate of drug-likeness (QED) is 0.822. The number of terminal acetylenes is 1. The fourth-order valence-corrected chi connectivity index (χ4v) is 2.05. The molecule has 0 radical (unpaired) electrons. The summed E-state index contributed by atoms with van der Waals surface area (Å²) in [5.41, 5.74) is 0.950. The van der Waals surface area contributed by atoms with Gasteiger partial charge in [0, 0.05) is 13.0 Å². The molecule has 0 bridgehead atoms. The topological polar surface area (TPSA) is 59.0 Å². The molecule has 1 aromatic carbocycles. The van der Waals surface area contributed by atoms with Crippen molar-refractivity contribution in [3.8, 4) is 23.8 Å². The van der Waals surface area contributed by atoms with Gasteiger partial charge in [-0.25, -0.2) is 0 Å². The van der Waals surface area contributed by atoms with Crippen molar-refractivity contribution in [1.29, 1.82) is 0 Å². The summed E-state index contributed by atoms with van der Waals surface area (Å²) in [4.78, 5) is 12.5. The molecule has 1 heterocycles. The van der Waals surface area contributed by atoms with Gasteiger partial charge in [0.2, 0.25) is 0 Å². The predicted molar refractivity (Wildman–Crippen MR) is 73.8 cm³/mol. The molecule has 1 aliphatic rings. The average Bonchev–Trinajstić information content (AvgIpc) is 2.63. The molecule has 0 unspecified atom stereocenters. The van der Waals surface area contributed by atoms with Crippen LogP contribution in [-0.4, -0.2) is 42.3 Å². The van der Waals surface area contributed by atoms with E-state index in [0.717, 1.165) is 17.7 Å². The van der Waals surface area contributed by atoms with Crippen LogP contribution in [0.5, 0.6) is 11.5 Å². The van der Waals surface area contributed by atoms with E-state index in [1.807, 2.05) is 18.2 Å². The number of carboxylic acid groups (broad SMARTS) is 1. The van der Waals surface area contributed by atoms with Crippen molar-refractivity contribution in [3.63, 3.8) is 0 Å². The highest BCUT2D eigenvalue weighted by atomic mass is 16.5. The number of fused-ring (bicyclic) bond motifs is 1. The van der Waals surface area contributed by atoms with Gasteiger partial charge in [-0.2, -0.15) is 0 Å². The molecule has 0 saturated carbocycles. The zero-order valence-corrected chi connectivity index (χ0v) is 11.2. The van der Waals surface area contributed by atoms with Gasteiger partial charge in [0.05, 0.1) is 26.3 Å². The summed E-state index contributed by atoms with van der Waals surface area (Å²) in [6.45, 7) is 1.95. The maximum atomic E-state index is 10.8. The van der Waals surface area contributed by atoms with Crippen molar-refractivity contribution >= 4 is 5.97 Å². The van der Waals surface area contributed by atoms with Gasteiger partial charge in [-0.1, -0.05) is 12.0 Å². The molecule has 0 saturated heterocycles. The van der Waals surface area contributed by atoms with E-state index in [0.29, 0.717) is 32.1 Å². The van der Waals surface area contributed by atoms with Crippen LogP contribution in [0.3, 0.4) is 0 Å². The Balaban J connectivity index is 2.10. The highest BCUT2D eigenvalue weighted by Gasteiger charge is 2.13. The molecule has 20 heavy (non-hydrogen) atoms. The van der Waals surface area contributed by atoms with Crippen LogP contribution >= 0.6 is 0 Å². The molecular weight excluding hydrogens is 258 g/mol. The molecule has 0 aliphatic carbocycles. The number of aliphatic carboxylic acids is 1. The van der Waals surface area contributed by atoms with Crippen molar-refractivity contribution in [2.45, 2.75) is 13.0 Å². The van der Waals surface area contributed by atoms with Crippen LogP contribution in [0.1, 0.15) is 12.0 Å². The maximum absolute atomic E-state index is 10.8. The molecule has 5 heteroatoms. The minimum atomic E-state index is -0.894. The number of rotatable bonds is 5. The lowest BCUT2D eigenvalue weighted by molar-refractivity contribution is -0.138. The Morgan fingerprint density at radius 2 is 2.10 bits per heavy atom. The summed E-state index contributed by atoms with van der Waals surface area (Å²) in [7, 11) is 0. The second-order valence-corrected chi connectivity index (χ2v) is 4.57. The molecule has 1 aliphatic heterocycles. The van der Waals surface area contributed by atoms with Crippen LogP contribution in [0.2, 0.25) is 0 Å². The van der Waals surface area contributed by atoms with Gasteiger partial charge < -0.3 is 14.6 Å². The van der Waals surface area contributed by atoms with E-state index in [1.165, 1.54) is 0 Å². The van der Waals surface area contributed by atoms with E-state index < -0.39 is 5.97 Å². The Morgan fingerprint density at radius 1 is 1.35 bits per heavy atom. The maximum Gasteiger partial charge on any atom is 0.317 e. The predicted octanol–water partition coefficient (Wildman–Crippen LogP) is 1.37. The Morgan fingerprint density at radius 3 is 2.80 bits per heavy atom. The number of ether oxygens (including phenoxy) is 2. The molecule has 0 atom stereocenters. The third kappa shape index (κ3) is 3.90. The first kappa shape index (κ1) is 14.2. The molecule has 106 valence electrons. The highest BCUT2D eigenvalue weighted by Crippen LogP contribution is 2.30. The number of carboxylic acids is 1. The fraction of sp³-hybridized carbons (Fsp3) is 0.400. The number of carbonyl (C=O) groups is 1. The zero-order valence-electron chi connectivity index (χ0n) is 11.2. The largest absolute Gasteiger partial charge is 0.490 e. The van der Waals surface area contributed by atoms with Gasteiger partial charge in [-0.05, 0) is 17.7 Å². The van der Waals surface area contributed by atoms with Crippen LogP contribution in [0.15, 0.2) is 18.2 Å². The minimum absolute atomic E-state index is 0.0847. The van der Waals surface area contributed by atoms with E-state index in [1.54, 1.807) is 4.90 Å². The second-order valence-electron chi connectivity index (χ2n) is 4.57. The molecule has 1 N–H and O–H groups in total. The number of nitrogens with zero attached hydrogens (tertiary/aromatic N) is 1. The summed E-state index contributed by atoms with van der Waals surface area (Å²) in [6, 6.07) is 5.63. The van der Waals surface area contributed by atoms with Gasteiger partial charge in [0.1, 0.15) is 0 Å². The summed E-state index contributed by atoms with van der Waals surface area (Å²) < 4.78 is 11.2. The molecule has 5 nitrogen and oxygen atoms in total. The Hall–Kier alpha value is -2.19. The van der Waals surface area contributed by atoms with Crippen LogP contribution in [0, 0.1) is 12.3 Å². The summed E-state index contributed by atoms with van der Waals surface area (Å²) >= 11 is 0. The Labute approximate surface area is 118 Å². The average molecular weight is 275 g/mol. The van der Waals surface area contributed by atoms with Crippen molar-refractivity contribution in [2.24, 2.45) is 0 Å². The third-order valence-electron chi connectivity index (χ3n) is 2.89. The zero-order chi connectivity index (χ0) is 14.4. The smallest absolute Gasteiger partial charge is 0.317 e. The van der Waals surface area contributed by atoms with Crippen LogP contribution in [0.25, 0.3) is 0 Å². The van der Waals surface area contributed by atoms with Gasteiger partial charge >= 0.3 is 5.97 Å². The number of benzene rings is 1. The monoisotopic (exact) mass is 275 g/mol. The Kier molecular flexibility index (Phi) is 4.85. The standard InChI is InChI=1S/C15H17NO4/c1-2-6-16(11-15(17)18)10-12-4-5-13-14(9-12)20-8-3-7-19-13/h1,4-5,9H,3,6-8,10-11H2,(H,17,18). The summed E-state index contributed by atoms with van der Waals surface area (Å²) in [5, 5.41) is 8.86. The first-order chi connectivity index (χ1) is 9.69. The fourth-order valence-electron chi connectivity index (χ4n) is 2.05. The van der Waals surface area contributed by atoms with Crippen molar-refractivity contribution in [1.82, 2.24) is 4.90 Å². The SMILES string of the molecule is C#CCN(CC(=O)O)Cc1ccc2c(c1)OCCCO2. The van der Waals surface area contributed by atoms with E-state index in [2.05, 4.69) is 5.92 Å². The Bertz CT molecular complexity index is 521. The lowest BCUT2D eigenvalue weighted by atomic mass is 10.2. The van der Waals surface area contributed by atoms with Crippen molar-refractivity contribution in [2.75, 3.05) is 26.3 Å². The van der Waals surface area contributed by atoms with E-state index in [4.69, 9.17) is 21.0 Å². The molecule has 0 aromatic heterocycles. The van der Waals surface area contributed by atoms with Gasteiger partial charge in [-0.3, -0.25) is 9.69 Å². The lowest BCUT2D eigenvalue weighted by Gasteiger charge is -2.18. The van der Waals surface area contributed by atoms with E-state index >= 15 is 0 Å². The third-order valence-corrected chi connectivity index (χ3v) is 2.89. The van der Waals surface area contributed by atoms with Gasteiger partial charge in [0.25, 0.3) is 0 Å². The second kappa shape index (κ2) is 6.83. The van der Waals surface area contributed by atoms with Gasteiger partial charge in [-0.15, -0.1) is 6.42 Å². The molecule has 0 amide bonds. The van der Waals surface area contributed by atoms with Crippen LogP contribution < -0.4 is 9.47 Å². The molecule has 0 spiro atoms. The number of hydrogen-bond donors (Lipinski definition) is 1. The van der Waals surface area contributed by atoms with Crippen molar-refractivity contribution < 1.29 is 19.4 Å². The number of hydrogen-bond acceptors (Lipinski definition) is 4. The minimum Gasteiger partial charge on any atom is -0.490 e. The van der Waals surface area contributed by atoms with E-state index in [-0.39, 0.29) is 6.54 Å². The first-order valence-corrected chi connectivity index (χ1v) is 6.45. The molecule has 1 aromatic rings. The highest BCUT2D eigenvalue weighted by molar-refractivity contribution is 5.69. The van der Waals surface area contributed by atoms with Crippen LogP contribution in [-0.2, 0) is 11.3 Å². The molecular formula is C15H17NO4. The first-order valence-electron chi connectivity index (χ1n) is 6.45. The lowest BCUT2D eigenvalue weighted by Crippen LogP contribution is -2.29. The molecule has 0 fully saturated rings. The van der Waals surface area contributed by atoms with Crippen molar-refractivity contribution in [3.05, 3.63) is 23.8 Å². The van der Waals surface area contributed by atoms with Gasteiger partial charge in [0.15, 0.2) is 11.5 Å². The molecule has 2 rings (SSSR count). The van der Waals surface area contributed by atoms with Crippen LogP contribution in [0.4, 0.5) is 0 Å². The summed E-state index contributed by atoms with van der Waals surface area (Å²) in [6.07, 6.45) is 6.11. The summed E-state index contributed by atoms with van der Waals surface area (Å²) in [5.74, 6) is 3.01. The van der Waals surface area contributed by atoms with E-state index in [9.17, 15) is 4.79 Å². The normalized spacial score (nSPS) is 13.6.